The fraction of sp³-hybridized carbons (Fsp3) is 0.667. The molecule has 0 radical (unpaired) electrons. The van der Waals surface area contributed by atoms with Crippen molar-refractivity contribution < 1.29 is 4.74 Å². The Morgan fingerprint density at radius 1 is 1.20 bits per heavy atom. The van der Waals surface area contributed by atoms with E-state index in [4.69, 9.17) is 4.74 Å². The molecule has 2 saturated carbocycles. The average molecular weight is 273 g/mol. The summed E-state index contributed by atoms with van der Waals surface area (Å²) in [7, 11) is 0. The van der Waals surface area contributed by atoms with Gasteiger partial charge in [0.05, 0.1) is 6.61 Å². The van der Waals surface area contributed by atoms with Gasteiger partial charge in [-0.2, -0.15) is 0 Å². The van der Waals surface area contributed by atoms with Crippen LogP contribution in [0.5, 0.6) is 5.75 Å². The van der Waals surface area contributed by atoms with Crippen molar-refractivity contribution in [2.24, 2.45) is 17.8 Å². The van der Waals surface area contributed by atoms with E-state index in [0.29, 0.717) is 6.04 Å². The van der Waals surface area contributed by atoms with Crippen LogP contribution in [0.15, 0.2) is 24.3 Å². The van der Waals surface area contributed by atoms with Gasteiger partial charge in [-0.25, -0.2) is 0 Å². The second kappa shape index (κ2) is 6.17. The second-order valence-electron chi connectivity index (χ2n) is 6.57. The number of hydrogen-bond donors (Lipinski definition) is 1. The molecule has 0 saturated heterocycles. The molecule has 20 heavy (non-hydrogen) atoms. The van der Waals surface area contributed by atoms with E-state index >= 15 is 0 Å². The molecule has 0 aromatic heterocycles. The zero-order valence-corrected chi connectivity index (χ0v) is 12.8. The minimum atomic E-state index is 0.435. The van der Waals surface area contributed by atoms with Crippen LogP contribution < -0.4 is 10.1 Å². The lowest BCUT2D eigenvalue weighted by Gasteiger charge is -2.24. The van der Waals surface area contributed by atoms with Crippen molar-refractivity contribution in [3.05, 3.63) is 29.8 Å². The van der Waals surface area contributed by atoms with Gasteiger partial charge in [0.25, 0.3) is 0 Å². The van der Waals surface area contributed by atoms with Crippen LogP contribution in [-0.4, -0.2) is 13.2 Å². The van der Waals surface area contributed by atoms with Crippen LogP contribution in [0.4, 0.5) is 0 Å². The quantitative estimate of drug-likeness (QED) is 0.840. The molecule has 0 spiro atoms. The Morgan fingerprint density at radius 2 is 2.00 bits per heavy atom. The number of benzene rings is 1. The van der Waals surface area contributed by atoms with E-state index in [-0.39, 0.29) is 0 Å². The number of ether oxygens (including phenoxy) is 1. The third-order valence-corrected chi connectivity index (χ3v) is 5.26. The summed E-state index contributed by atoms with van der Waals surface area (Å²) < 4.78 is 5.49. The van der Waals surface area contributed by atoms with Crippen molar-refractivity contribution in [1.29, 1.82) is 0 Å². The van der Waals surface area contributed by atoms with E-state index in [0.717, 1.165) is 30.1 Å². The molecular weight excluding hydrogens is 246 g/mol. The summed E-state index contributed by atoms with van der Waals surface area (Å²) in [5, 5.41) is 3.74. The predicted octanol–water partition coefficient (Wildman–Crippen LogP) is 4.17. The van der Waals surface area contributed by atoms with Gasteiger partial charge in [0, 0.05) is 6.04 Å². The average Bonchev–Trinajstić information content (AvgIpc) is 3.08. The second-order valence-corrected chi connectivity index (χ2v) is 6.57. The van der Waals surface area contributed by atoms with E-state index in [9.17, 15) is 0 Å². The van der Waals surface area contributed by atoms with Crippen molar-refractivity contribution in [2.45, 2.75) is 45.6 Å². The van der Waals surface area contributed by atoms with Crippen LogP contribution in [0.25, 0.3) is 0 Å². The van der Waals surface area contributed by atoms with Gasteiger partial charge < -0.3 is 10.1 Å². The van der Waals surface area contributed by atoms with Gasteiger partial charge in [-0.15, -0.1) is 0 Å². The first-order chi connectivity index (χ1) is 9.76. The highest BCUT2D eigenvalue weighted by atomic mass is 16.5. The molecular formula is C18H27NO. The van der Waals surface area contributed by atoms with Crippen LogP contribution in [0, 0.1) is 17.8 Å². The van der Waals surface area contributed by atoms with Crippen LogP contribution in [0.1, 0.15) is 51.1 Å². The molecule has 4 unspecified atom stereocenters. The molecule has 1 aromatic rings. The number of nitrogens with one attached hydrogen (secondary N) is 1. The standard InChI is InChI=1S/C18H27NO/c1-3-20-18-8-6-15(7-9-18)13(2)19-12-17-11-14-4-5-16(17)10-14/h6-9,13-14,16-17,19H,3-5,10-12H2,1-2H3. The summed E-state index contributed by atoms with van der Waals surface area (Å²) in [4.78, 5) is 0. The zero-order valence-electron chi connectivity index (χ0n) is 12.8. The van der Waals surface area contributed by atoms with Gasteiger partial charge in [-0.3, -0.25) is 0 Å². The summed E-state index contributed by atoms with van der Waals surface area (Å²) in [5.74, 6) is 3.96. The molecule has 2 heteroatoms. The maximum Gasteiger partial charge on any atom is 0.119 e. The van der Waals surface area contributed by atoms with Gasteiger partial charge in [0.2, 0.25) is 0 Å². The topological polar surface area (TPSA) is 21.3 Å². The van der Waals surface area contributed by atoms with E-state index < -0.39 is 0 Å². The Morgan fingerprint density at radius 3 is 2.60 bits per heavy atom. The van der Waals surface area contributed by atoms with E-state index in [1.807, 2.05) is 6.92 Å². The van der Waals surface area contributed by atoms with Gasteiger partial charge in [-0.1, -0.05) is 18.6 Å². The Hall–Kier alpha value is -1.02. The molecule has 4 atom stereocenters. The third-order valence-electron chi connectivity index (χ3n) is 5.26. The molecule has 2 aliphatic carbocycles. The number of rotatable bonds is 6. The molecule has 1 N–H and O–H groups in total. The van der Waals surface area contributed by atoms with Gasteiger partial charge >= 0.3 is 0 Å². The summed E-state index contributed by atoms with van der Waals surface area (Å²) in [5.41, 5.74) is 1.36. The maximum atomic E-state index is 5.49. The monoisotopic (exact) mass is 273 g/mol. The lowest BCUT2D eigenvalue weighted by atomic mass is 9.88. The molecule has 0 heterocycles. The van der Waals surface area contributed by atoms with Crippen molar-refractivity contribution in [3.8, 4) is 5.75 Å². The molecule has 0 aliphatic heterocycles. The highest BCUT2D eigenvalue weighted by molar-refractivity contribution is 5.28. The predicted molar refractivity (Wildman–Crippen MR) is 83.0 cm³/mol. The molecule has 110 valence electrons. The molecule has 1 aromatic carbocycles. The van der Waals surface area contributed by atoms with Gasteiger partial charge in [-0.05, 0) is 75.1 Å². The van der Waals surface area contributed by atoms with Crippen LogP contribution in [-0.2, 0) is 0 Å². The molecule has 2 aliphatic rings. The first-order valence-electron chi connectivity index (χ1n) is 8.22. The highest BCUT2D eigenvalue weighted by Crippen LogP contribution is 2.48. The third kappa shape index (κ3) is 3.01. The Labute approximate surface area is 122 Å². The minimum absolute atomic E-state index is 0.435. The van der Waals surface area contributed by atoms with E-state index in [1.165, 1.54) is 37.8 Å². The molecule has 3 rings (SSSR count). The van der Waals surface area contributed by atoms with Crippen LogP contribution in [0.3, 0.4) is 0 Å². The van der Waals surface area contributed by atoms with E-state index in [1.54, 1.807) is 0 Å². The Balaban J connectivity index is 1.50. The summed E-state index contributed by atoms with van der Waals surface area (Å²) in [6, 6.07) is 8.96. The SMILES string of the molecule is CCOc1ccc(C(C)NCC2CC3CCC2C3)cc1. The first-order valence-corrected chi connectivity index (χ1v) is 8.22. The summed E-state index contributed by atoms with van der Waals surface area (Å²) in [6.45, 7) is 6.21. The lowest BCUT2D eigenvalue weighted by molar-refractivity contribution is 0.309. The van der Waals surface area contributed by atoms with Gasteiger partial charge in [0.1, 0.15) is 5.75 Å². The molecule has 2 bridgehead atoms. The summed E-state index contributed by atoms with van der Waals surface area (Å²) >= 11 is 0. The number of fused-ring (bicyclic) bond motifs is 2. The maximum absolute atomic E-state index is 5.49. The van der Waals surface area contributed by atoms with Gasteiger partial charge in [0.15, 0.2) is 0 Å². The first kappa shape index (κ1) is 13.9. The lowest BCUT2D eigenvalue weighted by Crippen LogP contribution is -2.28. The smallest absolute Gasteiger partial charge is 0.119 e. The van der Waals surface area contributed by atoms with Crippen molar-refractivity contribution >= 4 is 0 Å². The van der Waals surface area contributed by atoms with Crippen molar-refractivity contribution in [3.63, 3.8) is 0 Å². The summed E-state index contributed by atoms with van der Waals surface area (Å²) in [6.07, 6.45) is 5.95. The minimum Gasteiger partial charge on any atom is -0.494 e. The van der Waals surface area contributed by atoms with Crippen LogP contribution in [0.2, 0.25) is 0 Å². The van der Waals surface area contributed by atoms with Crippen LogP contribution >= 0.6 is 0 Å². The largest absolute Gasteiger partial charge is 0.494 e. The Bertz CT molecular complexity index is 428. The fourth-order valence-electron chi connectivity index (χ4n) is 4.09. The van der Waals surface area contributed by atoms with E-state index in [2.05, 4.69) is 36.5 Å². The van der Waals surface area contributed by atoms with Crippen molar-refractivity contribution in [1.82, 2.24) is 5.32 Å². The number of hydrogen-bond acceptors (Lipinski definition) is 2. The molecule has 2 nitrogen and oxygen atoms in total. The van der Waals surface area contributed by atoms with Crippen molar-refractivity contribution in [2.75, 3.05) is 13.2 Å². The Kier molecular flexibility index (Phi) is 4.30. The highest BCUT2D eigenvalue weighted by Gasteiger charge is 2.39. The molecule has 0 amide bonds. The fourth-order valence-corrected chi connectivity index (χ4v) is 4.09. The zero-order chi connectivity index (χ0) is 13.9. The normalized spacial score (nSPS) is 29.6. The molecule has 2 fully saturated rings.